The highest BCUT2D eigenvalue weighted by atomic mass is 16.5. The van der Waals surface area contributed by atoms with Gasteiger partial charge in [0.1, 0.15) is 0 Å². The van der Waals surface area contributed by atoms with Crippen LogP contribution in [0.25, 0.3) is 0 Å². The fourth-order valence-corrected chi connectivity index (χ4v) is 2.69. The van der Waals surface area contributed by atoms with Gasteiger partial charge in [-0.05, 0) is 51.5 Å². The summed E-state index contributed by atoms with van der Waals surface area (Å²) in [6.07, 6.45) is 10.0. The Morgan fingerprint density at radius 2 is 1.93 bits per heavy atom. The summed E-state index contributed by atoms with van der Waals surface area (Å²) >= 11 is 0. The van der Waals surface area contributed by atoms with Crippen LogP contribution in [-0.4, -0.2) is 25.8 Å². The van der Waals surface area contributed by atoms with Crippen molar-refractivity contribution in [2.24, 2.45) is 5.92 Å². The second-order valence-electron chi connectivity index (χ2n) is 4.80. The summed E-state index contributed by atoms with van der Waals surface area (Å²) in [5.74, 6) is 0.875. The van der Waals surface area contributed by atoms with Crippen LogP contribution in [0.5, 0.6) is 0 Å². The van der Waals surface area contributed by atoms with Gasteiger partial charge in [0.15, 0.2) is 0 Å². The lowest BCUT2D eigenvalue weighted by Gasteiger charge is -2.27. The Morgan fingerprint density at radius 1 is 1.14 bits per heavy atom. The van der Waals surface area contributed by atoms with Crippen molar-refractivity contribution in [1.29, 1.82) is 0 Å². The third-order valence-electron chi connectivity index (χ3n) is 3.92. The van der Waals surface area contributed by atoms with Crippen molar-refractivity contribution in [3.8, 4) is 0 Å². The first-order valence-electron chi connectivity index (χ1n) is 6.19. The molecule has 82 valence electrons. The van der Waals surface area contributed by atoms with E-state index in [2.05, 4.69) is 12.4 Å². The summed E-state index contributed by atoms with van der Waals surface area (Å²) in [6.45, 7) is 0.994. The Hall–Kier alpha value is -0.0800. The molecule has 1 N–H and O–H groups in total. The smallest absolute Gasteiger partial charge is 0.0575 e. The molecule has 2 fully saturated rings. The highest BCUT2D eigenvalue weighted by molar-refractivity contribution is 4.82. The van der Waals surface area contributed by atoms with Crippen LogP contribution >= 0.6 is 0 Å². The molecule has 2 nitrogen and oxygen atoms in total. The number of rotatable bonds is 5. The van der Waals surface area contributed by atoms with E-state index >= 15 is 0 Å². The SMILES string of the molecule is CNC1CCCC1CCOC1CCC1. The molecule has 2 heteroatoms. The maximum atomic E-state index is 5.80. The van der Waals surface area contributed by atoms with Gasteiger partial charge in [-0.2, -0.15) is 0 Å². The van der Waals surface area contributed by atoms with Crippen LogP contribution < -0.4 is 5.32 Å². The van der Waals surface area contributed by atoms with E-state index in [-0.39, 0.29) is 0 Å². The molecule has 0 aromatic carbocycles. The largest absolute Gasteiger partial charge is 0.378 e. The van der Waals surface area contributed by atoms with Crippen LogP contribution in [0.2, 0.25) is 0 Å². The molecule has 2 rings (SSSR count). The molecule has 14 heavy (non-hydrogen) atoms. The Balaban J connectivity index is 1.59. The first-order chi connectivity index (χ1) is 6.90. The molecule has 2 aliphatic carbocycles. The highest BCUT2D eigenvalue weighted by Crippen LogP contribution is 2.29. The van der Waals surface area contributed by atoms with Crippen LogP contribution in [0.4, 0.5) is 0 Å². The monoisotopic (exact) mass is 197 g/mol. The van der Waals surface area contributed by atoms with Crippen LogP contribution in [0.1, 0.15) is 44.9 Å². The molecule has 2 aliphatic rings. The number of hydrogen-bond donors (Lipinski definition) is 1. The van der Waals surface area contributed by atoms with E-state index in [4.69, 9.17) is 4.74 Å². The molecule has 0 spiro atoms. The molecule has 0 saturated heterocycles. The maximum absolute atomic E-state index is 5.80. The van der Waals surface area contributed by atoms with E-state index in [1.165, 1.54) is 44.9 Å². The van der Waals surface area contributed by atoms with E-state index in [9.17, 15) is 0 Å². The normalized spacial score (nSPS) is 33.2. The third-order valence-corrected chi connectivity index (χ3v) is 3.92. The predicted octanol–water partition coefficient (Wildman–Crippen LogP) is 2.33. The van der Waals surface area contributed by atoms with Gasteiger partial charge in [-0.1, -0.05) is 6.42 Å². The van der Waals surface area contributed by atoms with Gasteiger partial charge in [-0.15, -0.1) is 0 Å². The standard InChI is InChI=1S/C12H23NO/c1-13-12-7-2-4-10(12)8-9-14-11-5-3-6-11/h10-13H,2-9H2,1H3. The van der Waals surface area contributed by atoms with E-state index in [1.54, 1.807) is 0 Å². The fourth-order valence-electron chi connectivity index (χ4n) is 2.69. The molecule has 0 amide bonds. The molecule has 0 aliphatic heterocycles. The van der Waals surface area contributed by atoms with Gasteiger partial charge in [-0.3, -0.25) is 0 Å². The summed E-state index contributed by atoms with van der Waals surface area (Å²) in [5.41, 5.74) is 0. The van der Waals surface area contributed by atoms with Gasteiger partial charge in [0.05, 0.1) is 6.10 Å². The Labute approximate surface area is 87.4 Å². The molecule has 0 heterocycles. The first kappa shape index (κ1) is 10.4. The van der Waals surface area contributed by atoms with Crippen molar-refractivity contribution >= 4 is 0 Å². The maximum Gasteiger partial charge on any atom is 0.0575 e. The molecule has 0 radical (unpaired) electrons. The Morgan fingerprint density at radius 3 is 2.57 bits per heavy atom. The van der Waals surface area contributed by atoms with Crippen molar-refractivity contribution in [2.75, 3.05) is 13.7 Å². The van der Waals surface area contributed by atoms with Crippen LogP contribution in [0, 0.1) is 5.92 Å². The minimum absolute atomic E-state index is 0.615. The summed E-state index contributed by atoms with van der Waals surface area (Å²) in [7, 11) is 2.09. The minimum atomic E-state index is 0.615. The van der Waals surface area contributed by atoms with Crippen molar-refractivity contribution < 1.29 is 4.74 Å². The molecule has 0 aromatic heterocycles. The molecular formula is C12H23NO. The second-order valence-corrected chi connectivity index (χ2v) is 4.80. The topological polar surface area (TPSA) is 21.3 Å². The summed E-state index contributed by atoms with van der Waals surface area (Å²) < 4.78 is 5.80. The van der Waals surface area contributed by atoms with Gasteiger partial charge in [-0.25, -0.2) is 0 Å². The Kier molecular flexibility index (Phi) is 3.82. The van der Waals surface area contributed by atoms with Crippen molar-refractivity contribution in [3.05, 3.63) is 0 Å². The van der Waals surface area contributed by atoms with E-state index in [0.29, 0.717) is 6.10 Å². The highest BCUT2D eigenvalue weighted by Gasteiger charge is 2.26. The average Bonchev–Trinajstić information content (AvgIpc) is 2.56. The quantitative estimate of drug-likeness (QED) is 0.730. The molecule has 0 aromatic rings. The van der Waals surface area contributed by atoms with Crippen molar-refractivity contribution in [3.63, 3.8) is 0 Å². The predicted molar refractivity (Wildman–Crippen MR) is 58.4 cm³/mol. The van der Waals surface area contributed by atoms with E-state index < -0.39 is 0 Å². The minimum Gasteiger partial charge on any atom is -0.378 e. The summed E-state index contributed by atoms with van der Waals surface area (Å²) in [4.78, 5) is 0. The number of nitrogens with one attached hydrogen (secondary N) is 1. The lowest BCUT2D eigenvalue weighted by atomic mass is 9.96. The van der Waals surface area contributed by atoms with Gasteiger partial charge < -0.3 is 10.1 Å². The summed E-state index contributed by atoms with van der Waals surface area (Å²) in [6, 6.07) is 0.764. The van der Waals surface area contributed by atoms with E-state index in [1.807, 2.05) is 0 Å². The number of hydrogen-bond acceptors (Lipinski definition) is 2. The molecular weight excluding hydrogens is 174 g/mol. The van der Waals surface area contributed by atoms with Gasteiger partial charge in [0.2, 0.25) is 0 Å². The van der Waals surface area contributed by atoms with E-state index in [0.717, 1.165) is 18.6 Å². The van der Waals surface area contributed by atoms with Gasteiger partial charge >= 0.3 is 0 Å². The zero-order valence-electron chi connectivity index (χ0n) is 9.30. The zero-order valence-corrected chi connectivity index (χ0v) is 9.30. The average molecular weight is 197 g/mol. The van der Waals surface area contributed by atoms with Crippen molar-refractivity contribution in [1.82, 2.24) is 5.32 Å². The molecule has 2 atom stereocenters. The first-order valence-corrected chi connectivity index (χ1v) is 6.19. The third kappa shape index (κ3) is 2.48. The van der Waals surface area contributed by atoms with Gasteiger partial charge in [0, 0.05) is 12.6 Å². The Bertz CT molecular complexity index is 168. The van der Waals surface area contributed by atoms with Crippen LogP contribution in [-0.2, 0) is 4.74 Å². The summed E-state index contributed by atoms with van der Waals surface area (Å²) in [5, 5.41) is 3.42. The van der Waals surface area contributed by atoms with Crippen LogP contribution in [0.15, 0.2) is 0 Å². The van der Waals surface area contributed by atoms with Crippen molar-refractivity contribution in [2.45, 2.75) is 57.1 Å². The fraction of sp³-hybridized carbons (Fsp3) is 1.00. The number of ether oxygens (including phenoxy) is 1. The lowest BCUT2D eigenvalue weighted by Crippen LogP contribution is -2.30. The molecule has 2 unspecified atom stereocenters. The second kappa shape index (κ2) is 5.13. The van der Waals surface area contributed by atoms with Gasteiger partial charge in [0.25, 0.3) is 0 Å². The lowest BCUT2D eigenvalue weighted by molar-refractivity contribution is -0.00437. The molecule has 2 saturated carbocycles. The zero-order chi connectivity index (χ0) is 9.80. The van der Waals surface area contributed by atoms with Crippen LogP contribution in [0.3, 0.4) is 0 Å². The molecule has 0 bridgehead atoms.